The highest BCUT2D eigenvalue weighted by Crippen LogP contribution is 2.32. The number of nitrogens with zero attached hydrogens (tertiary/aromatic N) is 4. The number of pyridine rings is 2. The lowest BCUT2D eigenvalue weighted by molar-refractivity contribution is -0.141. The van der Waals surface area contributed by atoms with Crippen LogP contribution in [-0.4, -0.2) is 65.3 Å². The van der Waals surface area contributed by atoms with Gasteiger partial charge in [-0.25, -0.2) is 9.97 Å². The SMILES string of the molecule is CC(O)C(=O)C[C@@H](C)c1ccc(OC2CCN(c3cccc(C(F)(F)F)n3)C2)cc1.C[C@H](N)c1ccc(OC2CCN(c3cccc(C(F)(F)F)n3)C2)cc1. The zero-order valence-corrected chi connectivity index (χ0v) is 30.7. The summed E-state index contributed by atoms with van der Waals surface area (Å²) in [6.45, 7) is 7.43. The number of hydrogen-bond acceptors (Lipinski definition) is 9. The van der Waals surface area contributed by atoms with Crippen molar-refractivity contribution in [3.63, 3.8) is 0 Å². The van der Waals surface area contributed by atoms with Crippen molar-refractivity contribution in [1.82, 2.24) is 9.97 Å². The maximum Gasteiger partial charge on any atom is 0.433 e. The summed E-state index contributed by atoms with van der Waals surface area (Å²) in [4.78, 5) is 22.8. The third kappa shape index (κ3) is 11.6. The summed E-state index contributed by atoms with van der Waals surface area (Å²) in [6.07, 6.45) is -8.44. The van der Waals surface area contributed by atoms with E-state index in [1.54, 1.807) is 17.0 Å². The molecule has 0 spiro atoms. The molecule has 2 fully saturated rings. The number of carbonyl (C=O) groups excluding carboxylic acids is 1. The highest BCUT2D eigenvalue weighted by Gasteiger charge is 2.35. The lowest BCUT2D eigenvalue weighted by Gasteiger charge is -2.19. The van der Waals surface area contributed by atoms with Crippen molar-refractivity contribution < 1.29 is 45.7 Å². The highest BCUT2D eigenvalue weighted by molar-refractivity contribution is 5.83. The van der Waals surface area contributed by atoms with Gasteiger partial charge in [-0.2, -0.15) is 26.3 Å². The molecule has 2 saturated heterocycles. The van der Waals surface area contributed by atoms with Crippen LogP contribution in [0.3, 0.4) is 0 Å². The van der Waals surface area contributed by atoms with Gasteiger partial charge in [0.25, 0.3) is 0 Å². The van der Waals surface area contributed by atoms with Crippen molar-refractivity contribution in [2.24, 2.45) is 5.73 Å². The van der Waals surface area contributed by atoms with Gasteiger partial charge in [0.2, 0.25) is 0 Å². The number of alkyl halides is 6. The summed E-state index contributed by atoms with van der Waals surface area (Å²) in [7, 11) is 0. The molecule has 3 N–H and O–H groups in total. The van der Waals surface area contributed by atoms with E-state index in [4.69, 9.17) is 15.2 Å². The van der Waals surface area contributed by atoms with Gasteiger partial charge < -0.3 is 30.1 Å². The van der Waals surface area contributed by atoms with Crippen LogP contribution in [0.25, 0.3) is 0 Å². The lowest BCUT2D eigenvalue weighted by Crippen LogP contribution is -2.26. The molecule has 5 atom stereocenters. The minimum Gasteiger partial charge on any atom is -0.489 e. The minimum absolute atomic E-state index is 0.0184. The molecule has 55 heavy (non-hydrogen) atoms. The maximum absolute atomic E-state index is 12.9. The van der Waals surface area contributed by atoms with Crippen LogP contribution in [0.15, 0.2) is 84.9 Å². The predicted molar refractivity (Wildman–Crippen MR) is 196 cm³/mol. The Morgan fingerprint density at radius 3 is 1.53 bits per heavy atom. The minimum atomic E-state index is -4.47. The van der Waals surface area contributed by atoms with Crippen LogP contribution in [-0.2, 0) is 17.1 Å². The average molecular weight is 774 g/mol. The number of nitrogens with two attached hydrogens (primary N) is 1. The van der Waals surface area contributed by atoms with Gasteiger partial charge in [0.15, 0.2) is 5.78 Å². The number of halogens is 6. The van der Waals surface area contributed by atoms with Gasteiger partial charge in [0.1, 0.15) is 52.8 Å². The molecule has 4 aromatic rings. The number of rotatable bonds is 11. The second kappa shape index (κ2) is 17.7. The molecular formula is C40H45F6N5O4. The zero-order chi connectivity index (χ0) is 39.9. The lowest BCUT2D eigenvalue weighted by atomic mass is 9.94. The number of ketones is 1. The first-order chi connectivity index (χ1) is 26.0. The second-order valence-electron chi connectivity index (χ2n) is 13.9. The molecule has 15 heteroatoms. The first kappa shape index (κ1) is 41.3. The van der Waals surface area contributed by atoms with E-state index in [0.29, 0.717) is 50.0 Å². The number of aliphatic hydroxyl groups excluding tert-OH is 1. The van der Waals surface area contributed by atoms with Gasteiger partial charge in [-0.1, -0.05) is 43.3 Å². The van der Waals surface area contributed by atoms with E-state index in [1.807, 2.05) is 67.3 Å². The van der Waals surface area contributed by atoms with Crippen LogP contribution >= 0.6 is 0 Å². The molecule has 2 aliphatic rings. The Morgan fingerprint density at radius 2 is 1.15 bits per heavy atom. The largest absolute Gasteiger partial charge is 0.489 e. The fourth-order valence-corrected chi connectivity index (χ4v) is 6.28. The second-order valence-corrected chi connectivity index (χ2v) is 13.9. The first-order valence-electron chi connectivity index (χ1n) is 18.0. The zero-order valence-electron chi connectivity index (χ0n) is 30.7. The van der Waals surface area contributed by atoms with Crippen LogP contribution in [0, 0.1) is 0 Å². The van der Waals surface area contributed by atoms with Crippen molar-refractivity contribution in [2.75, 3.05) is 36.0 Å². The topological polar surface area (TPSA) is 114 Å². The van der Waals surface area contributed by atoms with E-state index in [2.05, 4.69) is 9.97 Å². The predicted octanol–water partition coefficient (Wildman–Crippen LogP) is 7.98. The van der Waals surface area contributed by atoms with Gasteiger partial charge in [-0.3, -0.25) is 4.79 Å². The van der Waals surface area contributed by atoms with Crippen LogP contribution in [0.4, 0.5) is 38.0 Å². The van der Waals surface area contributed by atoms with Gasteiger partial charge in [0.05, 0.1) is 13.1 Å². The Bertz CT molecular complexity index is 1850. The van der Waals surface area contributed by atoms with Crippen molar-refractivity contribution in [3.8, 4) is 11.5 Å². The van der Waals surface area contributed by atoms with Crippen molar-refractivity contribution in [1.29, 1.82) is 0 Å². The van der Waals surface area contributed by atoms with Gasteiger partial charge in [-0.05, 0) is 79.4 Å². The summed E-state index contributed by atoms with van der Waals surface area (Å²) >= 11 is 0. The summed E-state index contributed by atoms with van der Waals surface area (Å²) < 4.78 is 88.9. The van der Waals surface area contributed by atoms with Crippen LogP contribution in [0.2, 0.25) is 0 Å². The molecule has 0 saturated carbocycles. The molecule has 0 radical (unpaired) electrons. The smallest absolute Gasteiger partial charge is 0.433 e. The van der Waals surface area contributed by atoms with E-state index in [-0.39, 0.29) is 36.4 Å². The third-order valence-corrected chi connectivity index (χ3v) is 9.42. The molecule has 0 amide bonds. The molecule has 6 rings (SSSR count). The number of hydrogen-bond donors (Lipinski definition) is 2. The summed E-state index contributed by atoms with van der Waals surface area (Å²) in [6, 6.07) is 22.8. The van der Waals surface area contributed by atoms with E-state index in [9.17, 15) is 36.2 Å². The molecular weight excluding hydrogens is 728 g/mol. The highest BCUT2D eigenvalue weighted by atomic mass is 19.4. The molecule has 4 heterocycles. The number of carbonyl (C=O) groups is 1. The molecule has 296 valence electrons. The van der Waals surface area contributed by atoms with Crippen LogP contribution in [0.1, 0.15) is 74.5 Å². The van der Waals surface area contributed by atoms with E-state index >= 15 is 0 Å². The third-order valence-electron chi connectivity index (χ3n) is 9.42. The van der Waals surface area contributed by atoms with Gasteiger partial charge >= 0.3 is 12.4 Å². The Labute approximate surface area is 316 Å². The molecule has 0 bridgehead atoms. The maximum atomic E-state index is 12.9. The summed E-state index contributed by atoms with van der Waals surface area (Å²) in [5.41, 5.74) is 6.04. The average Bonchev–Trinajstić information content (AvgIpc) is 3.82. The molecule has 3 unspecified atom stereocenters. The van der Waals surface area contributed by atoms with Gasteiger partial charge in [0, 0.05) is 38.4 Å². The van der Waals surface area contributed by atoms with Gasteiger partial charge in [-0.15, -0.1) is 0 Å². The summed E-state index contributed by atoms with van der Waals surface area (Å²) in [5, 5.41) is 9.35. The van der Waals surface area contributed by atoms with Crippen LogP contribution < -0.4 is 25.0 Å². The molecule has 2 aromatic heterocycles. The van der Waals surface area contributed by atoms with Crippen molar-refractivity contribution in [3.05, 3.63) is 107 Å². The fourth-order valence-electron chi connectivity index (χ4n) is 6.28. The van der Waals surface area contributed by atoms with E-state index in [0.717, 1.165) is 35.4 Å². The number of anilines is 2. The number of benzene rings is 2. The normalized spacial score (nSPS) is 19.0. The van der Waals surface area contributed by atoms with Crippen molar-refractivity contribution >= 4 is 17.4 Å². The first-order valence-corrected chi connectivity index (χ1v) is 18.0. The number of aliphatic hydroxyl groups is 1. The molecule has 2 aliphatic heterocycles. The number of ether oxygens (including phenoxy) is 2. The Kier molecular flexibility index (Phi) is 13.3. The Morgan fingerprint density at radius 1 is 0.727 bits per heavy atom. The van der Waals surface area contributed by atoms with Crippen LogP contribution in [0.5, 0.6) is 11.5 Å². The fraction of sp³-hybridized carbons (Fsp3) is 0.425. The summed E-state index contributed by atoms with van der Waals surface area (Å²) in [5.74, 6) is 1.80. The standard InChI is InChI=1S/C22H25F3N2O3.C18H20F3N3O/c1-14(12-19(29)15(2)28)16-6-8-17(9-7-16)30-18-10-11-27(13-18)21-5-3-4-20(26-21)22(23,24)25;1-12(22)13-5-7-14(8-6-13)25-15-9-10-24(11-15)17-4-2-3-16(23-17)18(19,20)21/h3-9,14-15,18,28H,10-13H2,1-2H3;2-8,12,15H,9-11,22H2,1H3/t14-,15?,18?;12-,15?/m10/s1. The number of aromatic nitrogens is 2. The molecule has 0 aliphatic carbocycles. The van der Waals surface area contributed by atoms with E-state index in [1.165, 1.54) is 19.1 Å². The Balaban J connectivity index is 0.000000214. The monoisotopic (exact) mass is 773 g/mol. The Hall–Kier alpha value is -4.89. The van der Waals surface area contributed by atoms with Crippen molar-refractivity contribution in [2.45, 2.75) is 82.7 Å². The molecule has 2 aromatic carbocycles. The quantitative estimate of drug-likeness (QED) is 0.147. The number of Topliss-reactive ketones (excluding diaryl/α,β-unsaturated/α-hetero) is 1. The van der Waals surface area contributed by atoms with E-state index < -0.39 is 29.8 Å². The molecule has 9 nitrogen and oxygen atoms in total.